The molecule has 140 valence electrons. The highest BCUT2D eigenvalue weighted by Crippen LogP contribution is 2.40. The Hall–Kier alpha value is -3.03. The van der Waals surface area contributed by atoms with Crippen molar-refractivity contribution in [2.24, 2.45) is 0 Å². The maximum absolute atomic E-state index is 12.4. The van der Waals surface area contributed by atoms with Gasteiger partial charge in [0.1, 0.15) is 25.0 Å². The standard InChI is InChI=1S/C19H23N7O/c1-19(2)15(9-17(27)24(19)3)18-22-16(11-25-13-20-12-21-25)23-26(18)10-14-7-5-4-6-8-14/h4-8,12-13,15H,9-11H2,1-3H3/t15-/m1/s1. The van der Waals surface area contributed by atoms with Gasteiger partial charge in [0.15, 0.2) is 5.82 Å². The summed E-state index contributed by atoms with van der Waals surface area (Å²) in [7, 11) is 1.86. The fourth-order valence-electron chi connectivity index (χ4n) is 3.58. The molecule has 0 N–H and O–H groups in total. The SMILES string of the molecule is CN1C(=O)C[C@H](c2nc(Cn3cncn3)nn2Cc2ccccc2)C1(C)C. The van der Waals surface area contributed by atoms with Crippen molar-refractivity contribution in [2.75, 3.05) is 7.05 Å². The van der Waals surface area contributed by atoms with Crippen LogP contribution in [-0.2, 0) is 17.9 Å². The van der Waals surface area contributed by atoms with Crippen LogP contribution in [0.3, 0.4) is 0 Å². The first-order chi connectivity index (χ1) is 12.9. The smallest absolute Gasteiger partial charge is 0.223 e. The molecule has 4 rings (SSSR count). The monoisotopic (exact) mass is 365 g/mol. The van der Waals surface area contributed by atoms with Crippen LogP contribution in [0.4, 0.5) is 0 Å². The van der Waals surface area contributed by atoms with E-state index in [1.165, 1.54) is 6.33 Å². The van der Waals surface area contributed by atoms with Gasteiger partial charge in [-0.15, -0.1) is 0 Å². The molecule has 0 spiro atoms. The van der Waals surface area contributed by atoms with Crippen molar-refractivity contribution in [1.29, 1.82) is 0 Å². The lowest BCUT2D eigenvalue weighted by Crippen LogP contribution is -2.41. The molecule has 1 fully saturated rings. The van der Waals surface area contributed by atoms with Gasteiger partial charge in [0.2, 0.25) is 5.91 Å². The van der Waals surface area contributed by atoms with Crippen molar-refractivity contribution in [3.8, 4) is 0 Å². The number of hydrogen-bond donors (Lipinski definition) is 0. The summed E-state index contributed by atoms with van der Waals surface area (Å²) in [5, 5.41) is 8.87. The van der Waals surface area contributed by atoms with Crippen molar-refractivity contribution in [3.05, 3.63) is 60.2 Å². The summed E-state index contributed by atoms with van der Waals surface area (Å²) in [6.45, 7) is 5.24. The molecule has 1 aromatic carbocycles. The molecule has 0 radical (unpaired) electrons. The summed E-state index contributed by atoms with van der Waals surface area (Å²) >= 11 is 0. The van der Waals surface area contributed by atoms with Crippen molar-refractivity contribution in [2.45, 2.75) is 44.8 Å². The predicted molar refractivity (Wildman–Crippen MR) is 98.9 cm³/mol. The van der Waals surface area contributed by atoms with E-state index in [0.717, 1.165) is 11.4 Å². The number of aromatic nitrogens is 6. The molecule has 0 saturated carbocycles. The average Bonchev–Trinajstić information content (AvgIpc) is 3.33. The maximum Gasteiger partial charge on any atom is 0.223 e. The van der Waals surface area contributed by atoms with Gasteiger partial charge in [0.05, 0.1) is 12.5 Å². The van der Waals surface area contributed by atoms with E-state index in [2.05, 4.69) is 36.1 Å². The zero-order valence-electron chi connectivity index (χ0n) is 15.8. The number of hydrogen-bond acceptors (Lipinski definition) is 5. The molecular formula is C19H23N7O. The minimum atomic E-state index is -0.316. The predicted octanol–water partition coefficient (Wildman–Crippen LogP) is 1.69. The van der Waals surface area contributed by atoms with E-state index in [9.17, 15) is 4.79 Å². The van der Waals surface area contributed by atoms with Gasteiger partial charge in [0, 0.05) is 19.0 Å². The van der Waals surface area contributed by atoms with Gasteiger partial charge < -0.3 is 4.90 Å². The molecule has 3 heterocycles. The first kappa shape index (κ1) is 17.4. The highest BCUT2D eigenvalue weighted by Gasteiger charge is 2.47. The van der Waals surface area contributed by atoms with Crippen molar-refractivity contribution < 1.29 is 4.79 Å². The average molecular weight is 365 g/mol. The number of likely N-dealkylation sites (tertiary alicyclic amines) is 1. The Morgan fingerprint density at radius 1 is 1.19 bits per heavy atom. The Balaban J connectivity index is 1.72. The van der Waals surface area contributed by atoms with Crippen molar-refractivity contribution in [1.82, 2.24) is 34.4 Å². The Morgan fingerprint density at radius 3 is 2.59 bits per heavy atom. The number of likely N-dealkylation sites (N-methyl/N-ethyl adjacent to an activating group) is 1. The number of nitrogens with zero attached hydrogens (tertiary/aromatic N) is 7. The van der Waals surface area contributed by atoms with E-state index in [0.29, 0.717) is 25.3 Å². The van der Waals surface area contributed by atoms with Crippen LogP contribution < -0.4 is 0 Å². The molecule has 1 amide bonds. The summed E-state index contributed by atoms with van der Waals surface area (Å²) in [5.41, 5.74) is 0.828. The largest absolute Gasteiger partial charge is 0.340 e. The lowest BCUT2D eigenvalue weighted by atomic mass is 9.87. The lowest BCUT2D eigenvalue weighted by Gasteiger charge is -2.32. The summed E-state index contributed by atoms with van der Waals surface area (Å²) in [4.78, 5) is 23.0. The molecule has 0 unspecified atom stereocenters. The third-order valence-corrected chi connectivity index (χ3v) is 5.47. The lowest BCUT2D eigenvalue weighted by molar-refractivity contribution is -0.128. The van der Waals surface area contributed by atoms with E-state index < -0.39 is 0 Å². The van der Waals surface area contributed by atoms with Crippen LogP contribution in [0.2, 0.25) is 0 Å². The second-order valence-electron chi connectivity index (χ2n) is 7.49. The normalized spacial score (nSPS) is 19.0. The van der Waals surface area contributed by atoms with Gasteiger partial charge in [-0.1, -0.05) is 30.3 Å². The molecule has 27 heavy (non-hydrogen) atoms. The third kappa shape index (κ3) is 3.22. The fourth-order valence-corrected chi connectivity index (χ4v) is 3.58. The van der Waals surface area contributed by atoms with E-state index >= 15 is 0 Å². The topological polar surface area (TPSA) is 81.7 Å². The van der Waals surface area contributed by atoms with Crippen LogP contribution in [0.5, 0.6) is 0 Å². The molecule has 3 aromatic rings. The van der Waals surface area contributed by atoms with E-state index in [4.69, 9.17) is 10.1 Å². The Bertz CT molecular complexity index is 930. The Kier molecular flexibility index (Phi) is 4.25. The molecule has 1 atom stereocenters. The number of carbonyl (C=O) groups is 1. The van der Waals surface area contributed by atoms with E-state index in [-0.39, 0.29) is 17.4 Å². The molecule has 0 aliphatic carbocycles. The molecule has 1 saturated heterocycles. The van der Waals surface area contributed by atoms with Crippen LogP contribution in [0.15, 0.2) is 43.0 Å². The quantitative estimate of drug-likeness (QED) is 0.687. The van der Waals surface area contributed by atoms with Crippen LogP contribution in [-0.4, -0.2) is 52.9 Å². The van der Waals surface area contributed by atoms with Crippen LogP contribution in [0, 0.1) is 0 Å². The third-order valence-electron chi connectivity index (χ3n) is 5.47. The minimum absolute atomic E-state index is 0.0179. The van der Waals surface area contributed by atoms with Crippen molar-refractivity contribution >= 4 is 5.91 Å². The van der Waals surface area contributed by atoms with Crippen molar-refractivity contribution in [3.63, 3.8) is 0 Å². The second kappa shape index (κ2) is 6.61. The van der Waals surface area contributed by atoms with Crippen LogP contribution in [0.25, 0.3) is 0 Å². The first-order valence-corrected chi connectivity index (χ1v) is 9.02. The van der Waals surface area contributed by atoms with E-state index in [1.54, 1.807) is 11.0 Å². The highest BCUT2D eigenvalue weighted by molar-refractivity contribution is 5.80. The Morgan fingerprint density at radius 2 is 1.96 bits per heavy atom. The maximum atomic E-state index is 12.4. The van der Waals surface area contributed by atoms with E-state index in [1.807, 2.05) is 34.8 Å². The zero-order valence-corrected chi connectivity index (χ0v) is 15.8. The number of carbonyl (C=O) groups excluding carboxylic acids is 1. The Labute approximate surface area is 157 Å². The molecule has 8 heteroatoms. The number of amides is 1. The van der Waals surface area contributed by atoms with Gasteiger partial charge in [-0.25, -0.2) is 19.3 Å². The molecule has 8 nitrogen and oxygen atoms in total. The van der Waals surface area contributed by atoms with Gasteiger partial charge in [0.25, 0.3) is 0 Å². The van der Waals surface area contributed by atoms with Gasteiger partial charge in [-0.05, 0) is 19.4 Å². The summed E-state index contributed by atoms with van der Waals surface area (Å²) < 4.78 is 3.63. The van der Waals surface area contributed by atoms with Gasteiger partial charge in [-0.3, -0.25) is 4.79 Å². The van der Waals surface area contributed by atoms with Crippen LogP contribution >= 0.6 is 0 Å². The summed E-state index contributed by atoms with van der Waals surface area (Å²) in [6, 6.07) is 10.2. The minimum Gasteiger partial charge on any atom is -0.340 e. The van der Waals surface area contributed by atoms with Gasteiger partial charge in [-0.2, -0.15) is 10.2 Å². The fraction of sp³-hybridized carbons (Fsp3) is 0.421. The molecule has 1 aliphatic rings. The first-order valence-electron chi connectivity index (χ1n) is 9.02. The second-order valence-corrected chi connectivity index (χ2v) is 7.49. The zero-order chi connectivity index (χ0) is 19.0. The number of rotatable bonds is 5. The van der Waals surface area contributed by atoms with Crippen LogP contribution in [0.1, 0.15) is 43.4 Å². The summed E-state index contributed by atoms with van der Waals surface area (Å²) in [5.74, 6) is 1.63. The number of benzene rings is 1. The molecular weight excluding hydrogens is 342 g/mol. The highest BCUT2D eigenvalue weighted by atomic mass is 16.2. The van der Waals surface area contributed by atoms with Gasteiger partial charge >= 0.3 is 0 Å². The molecule has 2 aromatic heterocycles. The molecule has 1 aliphatic heterocycles. The molecule has 0 bridgehead atoms. The summed E-state index contributed by atoms with van der Waals surface area (Å²) in [6.07, 6.45) is 3.59.